The lowest BCUT2D eigenvalue weighted by Gasteiger charge is -2.36. The van der Waals surface area contributed by atoms with Gasteiger partial charge in [0.25, 0.3) is 0 Å². The molecule has 3 fully saturated rings. The molecule has 0 amide bonds. The zero-order valence-corrected chi connectivity index (χ0v) is 28.7. The van der Waals surface area contributed by atoms with Crippen LogP contribution >= 0.6 is 0 Å². The number of aryl methyl sites for hydroxylation is 1. The van der Waals surface area contributed by atoms with Gasteiger partial charge in [-0.05, 0) is 68.2 Å². The average Bonchev–Trinajstić information content (AvgIpc) is 3.59. The van der Waals surface area contributed by atoms with Crippen LogP contribution in [0.2, 0.25) is 0 Å². The van der Waals surface area contributed by atoms with Gasteiger partial charge in [0.15, 0.2) is 17.4 Å². The van der Waals surface area contributed by atoms with Crippen molar-refractivity contribution in [1.82, 2.24) is 25.2 Å². The van der Waals surface area contributed by atoms with Crippen LogP contribution in [0.5, 0.6) is 17.5 Å². The molecule has 280 valence electrons. The molecule has 8 rings (SSSR count). The molecule has 0 radical (unpaired) electrons. The summed E-state index contributed by atoms with van der Waals surface area (Å²) in [6, 6.07) is 3.87. The molecule has 0 bridgehead atoms. The van der Waals surface area contributed by atoms with Crippen molar-refractivity contribution in [1.29, 1.82) is 0 Å². The van der Waals surface area contributed by atoms with Gasteiger partial charge in [0.05, 0.1) is 16.6 Å². The Labute approximate surface area is 295 Å². The lowest BCUT2D eigenvalue weighted by atomic mass is 9.89. The summed E-state index contributed by atoms with van der Waals surface area (Å²) in [6.07, 6.45) is -4.84. The number of piperazine rings is 1. The van der Waals surface area contributed by atoms with Crippen LogP contribution in [0, 0.1) is 17.6 Å². The lowest BCUT2D eigenvalue weighted by Crippen LogP contribution is -2.51. The third-order valence-electron chi connectivity index (χ3n) is 10.5. The van der Waals surface area contributed by atoms with E-state index in [1.807, 2.05) is 18.7 Å². The normalized spacial score (nSPS) is 23.0. The van der Waals surface area contributed by atoms with Gasteiger partial charge < -0.3 is 24.8 Å². The first-order valence-corrected chi connectivity index (χ1v) is 17.6. The highest BCUT2D eigenvalue weighted by Crippen LogP contribution is 2.46. The van der Waals surface area contributed by atoms with Crippen molar-refractivity contribution in [3.8, 4) is 28.8 Å². The van der Waals surface area contributed by atoms with Gasteiger partial charge >= 0.3 is 12.4 Å². The molecule has 2 N–H and O–H groups in total. The van der Waals surface area contributed by atoms with E-state index in [-0.39, 0.29) is 47.5 Å². The second kappa shape index (κ2) is 14.0. The largest absolute Gasteiger partial charge is 0.573 e. The molecule has 16 heteroatoms. The number of phenolic OH excluding ortho intramolecular Hbond substituents is 1. The van der Waals surface area contributed by atoms with Crippen molar-refractivity contribution in [2.45, 2.75) is 76.7 Å². The van der Waals surface area contributed by atoms with Gasteiger partial charge in [0.2, 0.25) is 6.43 Å². The van der Waals surface area contributed by atoms with E-state index in [4.69, 9.17) is 9.72 Å². The molecule has 0 spiro atoms. The molecule has 6 heterocycles. The minimum absolute atomic E-state index is 0.0366. The molecule has 0 aliphatic carbocycles. The second-order valence-corrected chi connectivity index (χ2v) is 13.6. The van der Waals surface area contributed by atoms with Gasteiger partial charge in [0.1, 0.15) is 29.4 Å². The molecule has 3 unspecified atom stereocenters. The van der Waals surface area contributed by atoms with Gasteiger partial charge in [-0.2, -0.15) is 9.97 Å². The summed E-state index contributed by atoms with van der Waals surface area (Å²) in [4.78, 5) is 18.1. The Morgan fingerprint density at radius 1 is 1.08 bits per heavy atom. The van der Waals surface area contributed by atoms with E-state index in [9.17, 15) is 31.4 Å². The fourth-order valence-electron chi connectivity index (χ4n) is 8.49. The van der Waals surface area contributed by atoms with E-state index in [0.717, 1.165) is 43.7 Å². The fourth-order valence-corrected chi connectivity index (χ4v) is 8.49. The number of hydrogen-bond donors (Lipinski definition) is 2. The fraction of sp³-hybridized carbons (Fsp3) is 0.528. The number of halogens is 7. The van der Waals surface area contributed by atoms with Crippen molar-refractivity contribution in [3.05, 3.63) is 41.6 Å². The smallest absolute Gasteiger partial charge is 0.508 e. The molecule has 9 nitrogen and oxygen atoms in total. The van der Waals surface area contributed by atoms with Crippen LogP contribution < -0.4 is 19.7 Å². The Bertz CT molecular complexity index is 1980. The SMILES string of the molecule is CC.Oc1cc(-c2nc3c4c(nc(OCC56CCCN5CC(CC(F)F)C6)nc4c2F)N2CCNCC2CC3)c2c(OC(F)(F)F)c(F)ccc2c1. The highest BCUT2D eigenvalue weighted by molar-refractivity contribution is 6.04. The van der Waals surface area contributed by atoms with E-state index < -0.39 is 52.5 Å². The Hall–Kier alpha value is -4.18. The summed E-state index contributed by atoms with van der Waals surface area (Å²) in [5.74, 6) is -3.76. The van der Waals surface area contributed by atoms with Crippen molar-refractivity contribution in [3.63, 3.8) is 0 Å². The molecule has 4 aliphatic heterocycles. The van der Waals surface area contributed by atoms with Gasteiger partial charge in [-0.1, -0.05) is 19.9 Å². The summed E-state index contributed by atoms with van der Waals surface area (Å²) in [5, 5.41) is 13.8. The third-order valence-corrected chi connectivity index (χ3v) is 10.5. The standard InChI is InChI=1S/C34H33F7N6O3.C2H6/c35-22-4-2-18-11-20(48)12-21(25(18)30(22)50-34(39,40)41)28-27(38)29-26-23(43-28)5-3-19-14-42-7-9-47(19)31(26)45-32(44-29)49-16-33-6-1-8-46(33)15-17(13-33)10-24(36)37;1-2/h2,4,11-12,17,19,24,42,48H,1,3,5-10,13-16H2;1-2H3. The van der Waals surface area contributed by atoms with Crippen molar-refractivity contribution >= 4 is 27.5 Å². The highest BCUT2D eigenvalue weighted by atomic mass is 19.4. The summed E-state index contributed by atoms with van der Waals surface area (Å²) < 4.78 is 109. The number of aromatic hydroxyl groups is 1. The molecule has 3 atom stereocenters. The average molecular weight is 737 g/mol. The summed E-state index contributed by atoms with van der Waals surface area (Å²) in [7, 11) is 0. The van der Waals surface area contributed by atoms with Crippen LogP contribution in [0.3, 0.4) is 0 Å². The first kappa shape index (κ1) is 36.2. The number of alkyl halides is 5. The molecule has 3 saturated heterocycles. The predicted molar refractivity (Wildman–Crippen MR) is 180 cm³/mol. The minimum atomic E-state index is -5.27. The van der Waals surface area contributed by atoms with E-state index in [1.54, 1.807) is 0 Å². The Morgan fingerprint density at radius 2 is 1.88 bits per heavy atom. The molecule has 2 aromatic heterocycles. The zero-order chi connectivity index (χ0) is 36.9. The number of nitrogens with zero attached hydrogens (tertiary/aromatic N) is 5. The number of ether oxygens (including phenoxy) is 2. The number of nitrogens with one attached hydrogen (secondary N) is 1. The number of aromatic nitrogens is 3. The van der Waals surface area contributed by atoms with Gasteiger partial charge in [-0.3, -0.25) is 4.90 Å². The topological polar surface area (TPSA) is 95.9 Å². The number of phenols is 1. The van der Waals surface area contributed by atoms with Crippen molar-refractivity contribution in [2.75, 3.05) is 44.2 Å². The van der Waals surface area contributed by atoms with Crippen LogP contribution in [0.25, 0.3) is 32.9 Å². The number of fused-ring (bicyclic) bond motifs is 4. The van der Waals surface area contributed by atoms with Gasteiger partial charge in [-0.25, -0.2) is 22.5 Å². The van der Waals surface area contributed by atoms with Crippen LogP contribution in [-0.2, 0) is 6.42 Å². The molecule has 0 saturated carbocycles. The number of anilines is 1. The number of pyridine rings is 1. The summed E-state index contributed by atoms with van der Waals surface area (Å²) in [5.41, 5.74) is -1.08. The minimum Gasteiger partial charge on any atom is -0.508 e. The van der Waals surface area contributed by atoms with E-state index in [1.165, 1.54) is 0 Å². The Morgan fingerprint density at radius 3 is 2.65 bits per heavy atom. The van der Waals surface area contributed by atoms with Crippen molar-refractivity contribution in [2.24, 2.45) is 5.92 Å². The first-order valence-electron chi connectivity index (χ1n) is 17.6. The molecular formula is C36H39F7N6O3. The quantitative estimate of drug-likeness (QED) is 0.189. The Balaban J connectivity index is 0.00000207. The zero-order valence-electron chi connectivity index (χ0n) is 28.7. The lowest BCUT2D eigenvalue weighted by molar-refractivity contribution is -0.275. The maximum Gasteiger partial charge on any atom is 0.573 e. The van der Waals surface area contributed by atoms with E-state index in [2.05, 4.69) is 24.9 Å². The van der Waals surface area contributed by atoms with Gasteiger partial charge in [-0.15, -0.1) is 13.2 Å². The number of hydrogen-bond acceptors (Lipinski definition) is 9. The second-order valence-electron chi connectivity index (χ2n) is 13.6. The number of rotatable bonds is 7. The van der Waals surface area contributed by atoms with Gasteiger partial charge in [0, 0.05) is 49.6 Å². The van der Waals surface area contributed by atoms with Crippen molar-refractivity contribution < 1.29 is 45.3 Å². The molecule has 52 heavy (non-hydrogen) atoms. The molecule has 4 aromatic rings. The van der Waals surface area contributed by atoms with Crippen LogP contribution in [-0.4, -0.2) is 88.7 Å². The maximum absolute atomic E-state index is 17.0. The highest BCUT2D eigenvalue weighted by Gasteiger charge is 2.49. The maximum atomic E-state index is 17.0. The predicted octanol–water partition coefficient (Wildman–Crippen LogP) is 7.37. The van der Waals surface area contributed by atoms with Crippen LogP contribution in [0.1, 0.15) is 51.6 Å². The molecular weight excluding hydrogens is 697 g/mol. The van der Waals surface area contributed by atoms with Crippen LogP contribution in [0.4, 0.5) is 36.6 Å². The summed E-state index contributed by atoms with van der Waals surface area (Å²) >= 11 is 0. The Kier molecular flexibility index (Phi) is 9.74. The number of benzene rings is 2. The van der Waals surface area contributed by atoms with Crippen LogP contribution in [0.15, 0.2) is 24.3 Å². The molecule has 4 aliphatic rings. The van der Waals surface area contributed by atoms with E-state index >= 15 is 4.39 Å². The van der Waals surface area contributed by atoms with E-state index in [0.29, 0.717) is 62.3 Å². The third kappa shape index (κ3) is 6.63. The molecule has 2 aromatic carbocycles. The first-order chi connectivity index (χ1) is 24.9. The monoisotopic (exact) mass is 736 g/mol. The summed E-state index contributed by atoms with van der Waals surface area (Å²) in [6.45, 7) is 7.17.